The van der Waals surface area contributed by atoms with Gasteiger partial charge in [-0.1, -0.05) is 12.1 Å². The number of carbonyl (C=O) groups is 2. The lowest BCUT2D eigenvalue weighted by atomic mass is 9.53. The van der Waals surface area contributed by atoms with Gasteiger partial charge < -0.3 is 19.5 Å². The van der Waals surface area contributed by atoms with Crippen LogP contribution in [0.15, 0.2) is 40.8 Å². The number of benzene rings is 1. The third-order valence-corrected chi connectivity index (χ3v) is 8.38. The summed E-state index contributed by atoms with van der Waals surface area (Å²) < 4.78 is 19.2. The van der Waals surface area contributed by atoms with Crippen LogP contribution in [0.1, 0.15) is 69.5 Å². The van der Waals surface area contributed by atoms with Crippen molar-refractivity contribution in [3.63, 3.8) is 0 Å². The van der Waals surface area contributed by atoms with E-state index < -0.39 is 0 Å². The molecule has 1 N–H and O–H groups in total. The van der Waals surface area contributed by atoms with Crippen molar-refractivity contribution in [2.75, 3.05) is 6.54 Å². The van der Waals surface area contributed by atoms with E-state index in [1.54, 1.807) is 21.9 Å². The fraction of sp³-hybridized carbons (Fsp3) is 0.586. The summed E-state index contributed by atoms with van der Waals surface area (Å²) in [4.78, 5) is 30.5. The fourth-order valence-electron chi connectivity index (χ4n) is 7.10. The van der Waals surface area contributed by atoms with Crippen LogP contribution >= 0.6 is 0 Å². The van der Waals surface area contributed by atoms with Crippen LogP contribution in [-0.4, -0.2) is 39.9 Å². The zero-order valence-corrected chi connectivity index (χ0v) is 21.6. The van der Waals surface area contributed by atoms with Crippen LogP contribution in [0.4, 0.5) is 9.18 Å². The van der Waals surface area contributed by atoms with Gasteiger partial charge in [0.15, 0.2) is 0 Å². The number of halogens is 1. The van der Waals surface area contributed by atoms with Gasteiger partial charge in [0.25, 0.3) is 0 Å². The van der Waals surface area contributed by atoms with Gasteiger partial charge in [0, 0.05) is 18.1 Å². The highest BCUT2D eigenvalue weighted by Gasteiger charge is 2.52. The Labute approximate surface area is 213 Å². The first kappa shape index (κ1) is 24.8. The molecular formula is C29H38FN3O3. The molecule has 0 spiro atoms. The SMILES string of the molecule is Cc1ccc(CN(Cc2ccc(F)cc2)C(=O)CN(C(=O)NC23CC4CC(CC(C4)C2)C3)C(C)C)o1. The number of urea groups is 1. The van der Waals surface area contributed by atoms with Gasteiger partial charge in [0.05, 0.1) is 6.54 Å². The predicted octanol–water partition coefficient (Wildman–Crippen LogP) is 5.64. The standard InChI is InChI=1S/C29H38FN3O3/c1-19(2)33(28(35)31-29-13-22-10-23(14-29)12-24(11-22)15-29)18-27(34)32(17-26-9-4-20(3)36-26)16-21-5-7-25(30)8-6-21/h4-9,19,22-24H,10-18H2,1-3H3,(H,31,35). The van der Waals surface area contributed by atoms with Crippen molar-refractivity contribution in [1.29, 1.82) is 0 Å². The Kier molecular flexibility index (Phi) is 6.84. The molecule has 0 unspecified atom stereocenters. The van der Waals surface area contributed by atoms with E-state index >= 15 is 0 Å². The minimum Gasteiger partial charge on any atom is -0.464 e. The summed E-state index contributed by atoms with van der Waals surface area (Å²) in [5, 5.41) is 3.42. The number of carbonyl (C=O) groups excluding carboxylic acids is 2. The Morgan fingerprint density at radius 2 is 1.61 bits per heavy atom. The number of rotatable bonds is 8. The smallest absolute Gasteiger partial charge is 0.318 e. The number of nitrogens with zero attached hydrogens (tertiary/aromatic N) is 2. The molecule has 4 aliphatic rings. The number of hydrogen-bond acceptors (Lipinski definition) is 3. The van der Waals surface area contributed by atoms with Gasteiger partial charge in [-0.25, -0.2) is 9.18 Å². The quantitative estimate of drug-likeness (QED) is 0.515. The molecule has 0 radical (unpaired) electrons. The second kappa shape index (κ2) is 9.91. The maximum atomic E-state index is 13.6. The summed E-state index contributed by atoms with van der Waals surface area (Å²) in [6.45, 7) is 6.34. The molecule has 2 aromatic rings. The molecule has 1 aromatic carbocycles. The molecular weight excluding hydrogens is 457 g/mol. The van der Waals surface area contributed by atoms with Gasteiger partial charge >= 0.3 is 6.03 Å². The number of nitrogens with one attached hydrogen (secondary N) is 1. The normalized spacial score (nSPS) is 26.3. The maximum absolute atomic E-state index is 13.6. The zero-order chi connectivity index (χ0) is 25.4. The Morgan fingerprint density at radius 1 is 1.00 bits per heavy atom. The molecule has 4 saturated carbocycles. The highest BCUT2D eigenvalue weighted by molar-refractivity contribution is 5.84. The van der Waals surface area contributed by atoms with E-state index in [1.807, 2.05) is 32.9 Å². The van der Waals surface area contributed by atoms with Crippen LogP contribution in [0.5, 0.6) is 0 Å². The van der Waals surface area contributed by atoms with Crippen molar-refractivity contribution >= 4 is 11.9 Å². The second-order valence-electron chi connectivity index (χ2n) is 11.7. The minimum atomic E-state index is -0.314. The second-order valence-corrected chi connectivity index (χ2v) is 11.7. The summed E-state index contributed by atoms with van der Waals surface area (Å²) in [6, 6.07) is 9.63. The van der Waals surface area contributed by atoms with Crippen LogP contribution in [0.3, 0.4) is 0 Å². The van der Waals surface area contributed by atoms with Crippen molar-refractivity contribution in [2.24, 2.45) is 17.8 Å². The Hall–Kier alpha value is -2.83. The van der Waals surface area contributed by atoms with Gasteiger partial charge in [0.2, 0.25) is 5.91 Å². The topological polar surface area (TPSA) is 65.8 Å². The molecule has 6 rings (SSSR count). The first-order chi connectivity index (χ1) is 17.2. The van der Waals surface area contributed by atoms with Gasteiger partial charge in [0.1, 0.15) is 23.9 Å². The molecule has 0 aliphatic heterocycles. The summed E-state index contributed by atoms with van der Waals surface area (Å²) in [6.07, 6.45) is 7.14. The lowest BCUT2D eigenvalue weighted by Gasteiger charge is -2.57. The van der Waals surface area contributed by atoms with Crippen LogP contribution in [0, 0.1) is 30.5 Å². The predicted molar refractivity (Wildman–Crippen MR) is 135 cm³/mol. The lowest BCUT2D eigenvalue weighted by Crippen LogP contribution is -2.63. The van der Waals surface area contributed by atoms with E-state index in [4.69, 9.17) is 4.42 Å². The van der Waals surface area contributed by atoms with E-state index in [9.17, 15) is 14.0 Å². The van der Waals surface area contributed by atoms with Crippen LogP contribution in [0.25, 0.3) is 0 Å². The highest BCUT2D eigenvalue weighted by atomic mass is 19.1. The molecule has 36 heavy (non-hydrogen) atoms. The summed E-state index contributed by atoms with van der Waals surface area (Å²) in [7, 11) is 0. The molecule has 0 saturated heterocycles. The monoisotopic (exact) mass is 495 g/mol. The Balaban J connectivity index is 1.30. The van der Waals surface area contributed by atoms with Crippen LogP contribution < -0.4 is 5.32 Å². The molecule has 194 valence electrons. The summed E-state index contributed by atoms with van der Waals surface area (Å²) in [5.41, 5.74) is 0.712. The first-order valence-electron chi connectivity index (χ1n) is 13.3. The zero-order valence-electron chi connectivity index (χ0n) is 21.6. The summed E-state index contributed by atoms with van der Waals surface area (Å²) >= 11 is 0. The van der Waals surface area contributed by atoms with Crippen LogP contribution in [-0.2, 0) is 17.9 Å². The average Bonchev–Trinajstić information content (AvgIpc) is 3.21. The third kappa shape index (κ3) is 5.45. The number of hydrogen-bond donors (Lipinski definition) is 1. The number of aryl methyl sites for hydroxylation is 1. The minimum absolute atomic E-state index is 0.0171. The van der Waals surface area contributed by atoms with Gasteiger partial charge in [-0.15, -0.1) is 0 Å². The molecule has 0 atom stereocenters. The third-order valence-electron chi connectivity index (χ3n) is 8.38. The van der Waals surface area contributed by atoms with E-state index in [0.29, 0.717) is 12.3 Å². The first-order valence-corrected chi connectivity index (χ1v) is 13.3. The lowest BCUT2D eigenvalue weighted by molar-refractivity contribution is -0.133. The molecule has 4 fully saturated rings. The van der Waals surface area contributed by atoms with E-state index in [-0.39, 0.29) is 42.4 Å². The van der Waals surface area contributed by atoms with Crippen molar-refractivity contribution in [3.8, 4) is 0 Å². The molecule has 6 nitrogen and oxygen atoms in total. The van der Waals surface area contributed by atoms with E-state index in [0.717, 1.165) is 48.3 Å². The Morgan fingerprint density at radius 3 is 2.14 bits per heavy atom. The van der Waals surface area contributed by atoms with Crippen molar-refractivity contribution < 1.29 is 18.4 Å². The molecule has 7 heteroatoms. The molecule has 1 aromatic heterocycles. The van der Waals surface area contributed by atoms with Crippen molar-refractivity contribution in [2.45, 2.75) is 84.0 Å². The van der Waals surface area contributed by atoms with Crippen LogP contribution in [0.2, 0.25) is 0 Å². The maximum Gasteiger partial charge on any atom is 0.318 e. The van der Waals surface area contributed by atoms with Crippen molar-refractivity contribution in [3.05, 3.63) is 59.3 Å². The van der Waals surface area contributed by atoms with E-state index in [2.05, 4.69) is 5.32 Å². The van der Waals surface area contributed by atoms with Gasteiger partial charge in [-0.3, -0.25) is 4.79 Å². The fourth-order valence-corrected chi connectivity index (χ4v) is 7.10. The highest BCUT2D eigenvalue weighted by Crippen LogP contribution is 2.55. The number of amides is 3. The molecule has 3 amide bonds. The molecule has 4 bridgehead atoms. The Bertz CT molecular complexity index is 1060. The van der Waals surface area contributed by atoms with Crippen molar-refractivity contribution in [1.82, 2.24) is 15.1 Å². The summed E-state index contributed by atoms with van der Waals surface area (Å²) in [5.74, 6) is 3.17. The number of furan rings is 1. The molecule has 1 heterocycles. The molecule has 4 aliphatic carbocycles. The average molecular weight is 496 g/mol. The van der Waals surface area contributed by atoms with Gasteiger partial charge in [-0.05, 0) is 107 Å². The van der Waals surface area contributed by atoms with Gasteiger partial charge in [-0.2, -0.15) is 0 Å². The largest absolute Gasteiger partial charge is 0.464 e. The van der Waals surface area contributed by atoms with E-state index in [1.165, 1.54) is 31.4 Å².